The van der Waals surface area contributed by atoms with Gasteiger partial charge >= 0.3 is 0 Å². The molecule has 2 N–H and O–H groups in total. The van der Waals surface area contributed by atoms with Crippen LogP contribution >= 0.6 is 0 Å². The highest BCUT2D eigenvalue weighted by molar-refractivity contribution is 5.37. The van der Waals surface area contributed by atoms with Crippen LogP contribution in [-0.2, 0) is 6.54 Å². The molecule has 0 bridgehead atoms. The molecule has 0 spiro atoms. The first kappa shape index (κ1) is 15.8. The summed E-state index contributed by atoms with van der Waals surface area (Å²) in [6.45, 7) is 0.765. The third-order valence-corrected chi connectivity index (χ3v) is 4.47. The number of aliphatic hydroxyl groups is 1. The Morgan fingerprint density at radius 1 is 1.00 bits per heavy atom. The van der Waals surface area contributed by atoms with E-state index in [-0.39, 0.29) is 6.04 Å². The largest absolute Gasteiger partial charge is 0.376 e. The van der Waals surface area contributed by atoms with Crippen LogP contribution in [0.5, 0.6) is 0 Å². The molecule has 0 radical (unpaired) electrons. The fraction of sp³-hybridized carbons (Fsp3) is 0.333. The van der Waals surface area contributed by atoms with Crippen molar-refractivity contribution in [3.05, 3.63) is 71.8 Å². The summed E-state index contributed by atoms with van der Waals surface area (Å²) in [5.74, 6) is 6.29. The zero-order valence-electron chi connectivity index (χ0n) is 13.3. The van der Waals surface area contributed by atoms with Gasteiger partial charge in [0.2, 0.25) is 0 Å². The maximum atomic E-state index is 11.0. The Morgan fingerprint density at radius 3 is 2.43 bits per heavy atom. The number of rotatable bonds is 3. The molecule has 2 aromatic rings. The van der Waals surface area contributed by atoms with E-state index in [0.29, 0.717) is 0 Å². The normalized spacial score (nSPS) is 23.8. The van der Waals surface area contributed by atoms with Crippen molar-refractivity contribution in [1.82, 2.24) is 5.32 Å². The topological polar surface area (TPSA) is 32.3 Å². The molecule has 2 heteroatoms. The van der Waals surface area contributed by atoms with Gasteiger partial charge in [-0.25, -0.2) is 0 Å². The molecule has 2 atom stereocenters. The summed E-state index contributed by atoms with van der Waals surface area (Å²) in [6.07, 6.45) is 3.87. The van der Waals surface area contributed by atoms with Crippen molar-refractivity contribution in [1.29, 1.82) is 0 Å². The van der Waals surface area contributed by atoms with Gasteiger partial charge in [-0.05, 0) is 37.0 Å². The molecular formula is C21H23NO. The standard InChI is InChI=1S/C21H23NO/c23-21(16-14-18-9-3-1-4-10-18)15-8-7-13-20(21)22-17-19-11-5-2-6-12-19/h1-6,9-12,20,22-23H,7-8,13,15,17H2/t20-,21+/m1/s1. The number of hydrogen-bond acceptors (Lipinski definition) is 2. The van der Waals surface area contributed by atoms with Crippen LogP contribution < -0.4 is 5.32 Å². The minimum Gasteiger partial charge on any atom is -0.376 e. The fourth-order valence-electron chi connectivity index (χ4n) is 3.12. The zero-order valence-corrected chi connectivity index (χ0v) is 13.3. The van der Waals surface area contributed by atoms with Crippen LogP contribution in [0.15, 0.2) is 60.7 Å². The van der Waals surface area contributed by atoms with Gasteiger partial charge in [0, 0.05) is 18.2 Å². The van der Waals surface area contributed by atoms with E-state index in [0.717, 1.165) is 37.8 Å². The number of hydrogen-bond donors (Lipinski definition) is 2. The van der Waals surface area contributed by atoms with E-state index >= 15 is 0 Å². The average Bonchev–Trinajstić information content (AvgIpc) is 2.61. The lowest BCUT2D eigenvalue weighted by atomic mass is 9.80. The summed E-state index contributed by atoms with van der Waals surface area (Å²) in [5, 5.41) is 14.5. The van der Waals surface area contributed by atoms with E-state index in [1.54, 1.807) is 0 Å². The molecule has 23 heavy (non-hydrogen) atoms. The summed E-state index contributed by atoms with van der Waals surface area (Å²) in [6, 6.07) is 20.2. The number of benzene rings is 2. The SMILES string of the molecule is O[C@]1(C#Cc2ccccc2)CCCC[C@H]1NCc1ccccc1. The van der Waals surface area contributed by atoms with Crippen LogP contribution in [0.1, 0.15) is 36.8 Å². The predicted octanol–water partition coefficient (Wildman–Crippen LogP) is 3.50. The first-order valence-electron chi connectivity index (χ1n) is 8.34. The molecule has 0 heterocycles. The average molecular weight is 305 g/mol. The van der Waals surface area contributed by atoms with Crippen molar-refractivity contribution in [3.63, 3.8) is 0 Å². The van der Waals surface area contributed by atoms with Gasteiger partial charge in [0.1, 0.15) is 5.60 Å². The van der Waals surface area contributed by atoms with E-state index in [1.807, 2.05) is 48.5 Å². The quantitative estimate of drug-likeness (QED) is 0.851. The molecule has 3 rings (SSSR count). The van der Waals surface area contributed by atoms with Gasteiger partial charge in [0.25, 0.3) is 0 Å². The van der Waals surface area contributed by atoms with Crippen molar-refractivity contribution >= 4 is 0 Å². The van der Waals surface area contributed by atoms with Crippen LogP contribution in [0.2, 0.25) is 0 Å². The third kappa shape index (κ3) is 4.22. The lowest BCUT2D eigenvalue weighted by molar-refractivity contribution is 0.0254. The van der Waals surface area contributed by atoms with Crippen molar-refractivity contribution in [2.45, 2.75) is 43.9 Å². The van der Waals surface area contributed by atoms with E-state index in [2.05, 4.69) is 29.3 Å². The molecule has 1 aliphatic rings. The zero-order chi connectivity index (χ0) is 16.0. The first-order valence-corrected chi connectivity index (χ1v) is 8.34. The Kier molecular flexibility index (Phi) is 5.12. The van der Waals surface area contributed by atoms with Crippen LogP contribution in [0.4, 0.5) is 0 Å². The predicted molar refractivity (Wildman–Crippen MR) is 93.8 cm³/mol. The molecular weight excluding hydrogens is 282 g/mol. The minimum atomic E-state index is -0.942. The van der Waals surface area contributed by atoms with E-state index in [4.69, 9.17) is 0 Å². The summed E-state index contributed by atoms with van der Waals surface area (Å²) >= 11 is 0. The van der Waals surface area contributed by atoms with E-state index < -0.39 is 5.60 Å². The van der Waals surface area contributed by atoms with Gasteiger partial charge in [-0.2, -0.15) is 0 Å². The minimum absolute atomic E-state index is 0.0210. The Balaban J connectivity index is 1.71. The van der Waals surface area contributed by atoms with Crippen LogP contribution in [0, 0.1) is 11.8 Å². The Labute approximate surface area is 138 Å². The summed E-state index contributed by atoms with van der Waals surface area (Å²) in [5.41, 5.74) is 1.24. The van der Waals surface area contributed by atoms with E-state index in [9.17, 15) is 5.11 Å². The molecule has 118 valence electrons. The van der Waals surface area contributed by atoms with Gasteiger partial charge in [-0.3, -0.25) is 0 Å². The van der Waals surface area contributed by atoms with Gasteiger partial charge in [0.15, 0.2) is 0 Å². The Bertz CT molecular complexity index is 671. The molecule has 0 amide bonds. The smallest absolute Gasteiger partial charge is 0.141 e. The molecule has 1 saturated carbocycles. The highest BCUT2D eigenvalue weighted by atomic mass is 16.3. The Morgan fingerprint density at radius 2 is 1.70 bits per heavy atom. The number of nitrogens with one attached hydrogen (secondary N) is 1. The summed E-state index contributed by atoms with van der Waals surface area (Å²) in [7, 11) is 0. The molecule has 0 aromatic heterocycles. The highest BCUT2D eigenvalue weighted by Crippen LogP contribution is 2.28. The van der Waals surface area contributed by atoms with Gasteiger partial charge in [0.05, 0.1) is 0 Å². The fourth-order valence-corrected chi connectivity index (χ4v) is 3.12. The summed E-state index contributed by atoms with van der Waals surface area (Å²) < 4.78 is 0. The van der Waals surface area contributed by atoms with Crippen LogP contribution in [0.3, 0.4) is 0 Å². The molecule has 0 saturated heterocycles. The second-order valence-corrected chi connectivity index (χ2v) is 6.21. The Hall–Kier alpha value is -2.08. The monoisotopic (exact) mass is 305 g/mol. The van der Waals surface area contributed by atoms with Crippen molar-refractivity contribution < 1.29 is 5.11 Å². The maximum Gasteiger partial charge on any atom is 0.141 e. The lowest BCUT2D eigenvalue weighted by Gasteiger charge is -2.36. The molecule has 0 unspecified atom stereocenters. The third-order valence-electron chi connectivity index (χ3n) is 4.47. The second-order valence-electron chi connectivity index (χ2n) is 6.21. The first-order chi connectivity index (χ1) is 11.3. The molecule has 1 fully saturated rings. The van der Waals surface area contributed by atoms with Gasteiger partial charge in [-0.15, -0.1) is 0 Å². The van der Waals surface area contributed by atoms with Crippen LogP contribution in [0.25, 0.3) is 0 Å². The van der Waals surface area contributed by atoms with Crippen molar-refractivity contribution in [2.75, 3.05) is 0 Å². The van der Waals surface area contributed by atoms with E-state index in [1.165, 1.54) is 5.56 Å². The van der Waals surface area contributed by atoms with Crippen molar-refractivity contribution in [2.24, 2.45) is 0 Å². The van der Waals surface area contributed by atoms with Crippen LogP contribution in [-0.4, -0.2) is 16.7 Å². The van der Waals surface area contributed by atoms with Crippen molar-refractivity contribution in [3.8, 4) is 11.8 Å². The highest BCUT2D eigenvalue weighted by Gasteiger charge is 2.37. The maximum absolute atomic E-state index is 11.0. The van der Waals surface area contributed by atoms with Gasteiger partial charge < -0.3 is 10.4 Å². The summed E-state index contributed by atoms with van der Waals surface area (Å²) in [4.78, 5) is 0. The second kappa shape index (κ2) is 7.46. The molecule has 2 nitrogen and oxygen atoms in total. The van der Waals surface area contributed by atoms with Gasteiger partial charge in [-0.1, -0.05) is 66.8 Å². The molecule has 0 aliphatic heterocycles. The molecule has 2 aromatic carbocycles. The lowest BCUT2D eigenvalue weighted by Crippen LogP contribution is -2.51. The molecule has 1 aliphatic carbocycles.